The van der Waals surface area contributed by atoms with Crippen molar-refractivity contribution >= 4 is 41.7 Å². The molecule has 0 radical (unpaired) electrons. The van der Waals surface area contributed by atoms with Crippen molar-refractivity contribution in [1.29, 1.82) is 0 Å². The summed E-state index contributed by atoms with van der Waals surface area (Å²) in [6.45, 7) is 3.86. The number of hydrogen-bond donors (Lipinski definition) is 2. The zero-order valence-corrected chi connectivity index (χ0v) is 20.2. The fraction of sp³-hybridized carbons (Fsp3) is 0.286. The zero-order chi connectivity index (χ0) is 20.5. The van der Waals surface area contributed by atoms with Crippen molar-refractivity contribution in [3.05, 3.63) is 77.5 Å². The molecule has 0 fully saturated rings. The fourth-order valence-corrected chi connectivity index (χ4v) is 3.42. The SMILES string of the molecule is CCNC(=NCc1ccnc(-n2cccn2)c1)NCc1ccc(F)cc1CSC.I. The van der Waals surface area contributed by atoms with E-state index in [1.807, 2.05) is 43.6 Å². The molecule has 0 unspecified atom stereocenters. The van der Waals surface area contributed by atoms with E-state index in [4.69, 9.17) is 0 Å². The highest BCUT2D eigenvalue weighted by atomic mass is 127. The molecule has 0 spiro atoms. The number of thioether (sulfide) groups is 1. The molecule has 3 aromatic rings. The standard InChI is InChI=1S/C21H25FN6S.HI/c1-3-23-21(26-14-17-5-6-19(22)12-18(17)15-29-2)25-13-16-7-9-24-20(11-16)28-10-4-8-27-28;/h4-12H,3,13-15H2,1-2H3,(H2,23,25,26);1H. The lowest BCUT2D eigenvalue weighted by molar-refractivity contribution is 0.625. The summed E-state index contributed by atoms with van der Waals surface area (Å²) in [5, 5.41) is 10.8. The second kappa shape index (κ2) is 12.5. The van der Waals surface area contributed by atoms with Crippen LogP contribution in [0.3, 0.4) is 0 Å². The molecule has 2 heterocycles. The Morgan fingerprint density at radius 3 is 2.77 bits per heavy atom. The van der Waals surface area contributed by atoms with Gasteiger partial charge >= 0.3 is 0 Å². The zero-order valence-electron chi connectivity index (χ0n) is 17.0. The van der Waals surface area contributed by atoms with Gasteiger partial charge in [-0.05, 0) is 60.2 Å². The molecule has 2 aromatic heterocycles. The Balaban J connectivity index is 0.00000320. The highest BCUT2D eigenvalue weighted by molar-refractivity contribution is 14.0. The van der Waals surface area contributed by atoms with Crippen molar-refractivity contribution < 1.29 is 4.39 Å². The van der Waals surface area contributed by atoms with Crippen molar-refractivity contribution in [2.75, 3.05) is 12.8 Å². The normalized spacial score (nSPS) is 11.1. The molecular formula is C21H26FIN6S. The van der Waals surface area contributed by atoms with E-state index in [1.54, 1.807) is 34.9 Å². The van der Waals surface area contributed by atoms with Gasteiger partial charge in [0.2, 0.25) is 0 Å². The molecule has 6 nitrogen and oxygen atoms in total. The fourth-order valence-electron chi connectivity index (χ4n) is 2.84. The number of aromatic nitrogens is 3. The van der Waals surface area contributed by atoms with E-state index in [0.717, 1.165) is 34.8 Å². The van der Waals surface area contributed by atoms with Gasteiger partial charge in [-0.3, -0.25) is 0 Å². The van der Waals surface area contributed by atoms with Crippen LogP contribution in [-0.2, 0) is 18.8 Å². The molecule has 3 rings (SSSR count). The largest absolute Gasteiger partial charge is 0.357 e. The van der Waals surface area contributed by atoms with Crippen molar-refractivity contribution in [1.82, 2.24) is 25.4 Å². The number of pyridine rings is 1. The number of guanidine groups is 1. The summed E-state index contributed by atoms with van der Waals surface area (Å²) in [4.78, 5) is 9.02. The van der Waals surface area contributed by atoms with Crippen LogP contribution < -0.4 is 10.6 Å². The van der Waals surface area contributed by atoms with Crippen LogP contribution in [0.15, 0.2) is 60.0 Å². The van der Waals surface area contributed by atoms with E-state index < -0.39 is 0 Å². The third-order valence-corrected chi connectivity index (χ3v) is 4.83. The lowest BCUT2D eigenvalue weighted by Gasteiger charge is -2.14. The van der Waals surface area contributed by atoms with Crippen molar-refractivity contribution in [3.8, 4) is 5.82 Å². The number of rotatable bonds is 8. The quantitative estimate of drug-likeness (QED) is 0.256. The minimum absolute atomic E-state index is 0. The maximum absolute atomic E-state index is 13.6. The average Bonchev–Trinajstić information content (AvgIpc) is 3.27. The predicted molar refractivity (Wildman–Crippen MR) is 132 cm³/mol. The third kappa shape index (κ3) is 6.98. The second-order valence-electron chi connectivity index (χ2n) is 6.37. The Bertz CT molecular complexity index is 948. The minimum atomic E-state index is -0.205. The average molecular weight is 540 g/mol. The van der Waals surface area contributed by atoms with Gasteiger partial charge in [-0.15, -0.1) is 24.0 Å². The molecule has 0 aliphatic carbocycles. The summed E-state index contributed by atoms with van der Waals surface area (Å²) in [7, 11) is 0. The first-order chi connectivity index (χ1) is 14.2. The van der Waals surface area contributed by atoms with E-state index >= 15 is 0 Å². The van der Waals surface area contributed by atoms with E-state index in [1.165, 1.54) is 6.07 Å². The topological polar surface area (TPSA) is 67.1 Å². The van der Waals surface area contributed by atoms with Crippen LogP contribution >= 0.6 is 35.7 Å². The highest BCUT2D eigenvalue weighted by Crippen LogP contribution is 2.16. The van der Waals surface area contributed by atoms with Gasteiger partial charge in [0, 0.05) is 37.4 Å². The summed E-state index contributed by atoms with van der Waals surface area (Å²) in [6, 6.07) is 10.7. The van der Waals surface area contributed by atoms with Crippen molar-refractivity contribution in [2.24, 2.45) is 4.99 Å². The molecule has 160 valence electrons. The highest BCUT2D eigenvalue weighted by Gasteiger charge is 2.06. The molecule has 0 saturated carbocycles. The Hall–Kier alpha value is -2.14. The molecule has 0 saturated heterocycles. The van der Waals surface area contributed by atoms with E-state index in [-0.39, 0.29) is 29.8 Å². The third-order valence-electron chi connectivity index (χ3n) is 4.23. The number of benzene rings is 1. The molecule has 0 aliphatic heterocycles. The second-order valence-corrected chi connectivity index (χ2v) is 7.23. The monoisotopic (exact) mass is 540 g/mol. The first kappa shape index (κ1) is 24.1. The Labute approximate surface area is 197 Å². The Kier molecular flexibility index (Phi) is 10.1. The summed E-state index contributed by atoms with van der Waals surface area (Å²) in [5.74, 6) is 2.04. The molecule has 0 amide bonds. The maximum Gasteiger partial charge on any atom is 0.191 e. The molecule has 30 heavy (non-hydrogen) atoms. The first-order valence-electron chi connectivity index (χ1n) is 9.43. The van der Waals surface area contributed by atoms with Gasteiger partial charge in [-0.2, -0.15) is 16.9 Å². The molecule has 0 bridgehead atoms. The van der Waals surface area contributed by atoms with E-state index in [0.29, 0.717) is 19.0 Å². The van der Waals surface area contributed by atoms with Gasteiger partial charge in [0.25, 0.3) is 0 Å². The van der Waals surface area contributed by atoms with Crippen LogP contribution in [0.25, 0.3) is 5.82 Å². The molecule has 0 atom stereocenters. The van der Waals surface area contributed by atoms with E-state index in [2.05, 4.69) is 25.7 Å². The van der Waals surface area contributed by atoms with Crippen molar-refractivity contribution in [2.45, 2.75) is 25.8 Å². The predicted octanol–water partition coefficient (Wildman–Crippen LogP) is 4.14. The summed E-state index contributed by atoms with van der Waals surface area (Å²) < 4.78 is 15.3. The number of halogens is 2. The molecule has 1 aromatic carbocycles. The molecule has 2 N–H and O–H groups in total. The van der Waals surface area contributed by atoms with Gasteiger partial charge in [0.15, 0.2) is 11.8 Å². The number of nitrogens with zero attached hydrogens (tertiary/aromatic N) is 4. The molecular weight excluding hydrogens is 514 g/mol. The van der Waals surface area contributed by atoms with Crippen LogP contribution in [0, 0.1) is 5.82 Å². The first-order valence-corrected chi connectivity index (χ1v) is 10.8. The lowest BCUT2D eigenvalue weighted by Crippen LogP contribution is -2.37. The smallest absolute Gasteiger partial charge is 0.191 e. The van der Waals surface area contributed by atoms with Crippen LogP contribution in [0.5, 0.6) is 0 Å². The van der Waals surface area contributed by atoms with Gasteiger partial charge < -0.3 is 10.6 Å². The van der Waals surface area contributed by atoms with Gasteiger partial charge in [-0.1, -0.05) is 6.07 Å². The Morgan fingerprint density at radius 1 is 1.17 bits per heavy atom. The van der Waals surface area contributed by atoms with Crippen LogP contribution in [0.1, 0.15) is 23.6 Å². The van der Waals surface area contributed by atoms with Gasteiger partial charge in [-0.25, -0.2) is 19.0 Å². The molecule has 0 aliphatic rings. The van der Waals surface area contributed by atoms with Gasteiger partial charge in [0.05, 0.1) is 6.54 Å². The maximum atomic E-state index is 13.6. The van der Waals surface area contributed by atoms with Crippen LogP contribution in [0.4, 0.5) is 4.39 Å². The van der Waals surface area contributed by atoms with Crippen molar-refractivity contribution in [3.63, 3.8) is 0 Å². The van der Waals surface area contributed by atoms with Crippen LogP contribution in [0.2, 0.25) is 0 Å². The number of aliphatic imine (C=N–C) groups is 1. The number of hydrogen-bond acceptors (Lipinski definition) is 4. The number of nitrogens with one attached hydrogen (secondary N) is 2. The minimum Gasteiger partial charge on any atom is -0.357 e. The van der Waals surface area contributed by atoms with Gasteiger partial charge in [0.1, 0.15) is 5.82 Å². The summed E-state index contributed by atoms with van der Waals surface area (Å²) >= 11 is 1.68. The van der Waals surface area contributed by atoms with E-state index in [9.17, 15) is 4.39 Å². The Morgan fingerprint density at radius 2 is 2.03 bits per heavy atom. The molecule has 9 heteroatoms. The summed E-state index contributed by atoms with van der Waals surface area (Å²) in [6.07, 6.45) is 7.35. The summed E-state index contributed by atoms with van der Waals surface area (Å²) in [5.41, 5.74) is 3.10. The lowest BCUT2D eigenvalue weighted by atomic mass is 10.1. The van der Waals surface area contributed by atoms with Crippen LogP contribution in [-0.4, -0.2) is 33.5 Å².